The van der Waals surface area contributed by atoms with Crippen LogP contribution in [0, 0.1) is 6.92 Å². The Balaban J connectivity index is 1.83. The molecule has 0 aliphatic heterocycles. The van der Waals surface area contributed by atoms with E-state index in [0.717, 1.165) is 38.5 Å². The van der Waals surface area contributed by atoms with Gasteiger partial charge >= 0.3 is 23.2 Å². The Morgan fingerprint density at radius 3 is 1.33 bits per heavy atom. The van der Waals surface area contributed by atoms with Gasteiger partial charge in [0.2, 0.25) is 0 Å². The zero-order chi connectivity index (χ0) is 45.8. The van der Waals surface area contributed by atoms with Crippen LogP contribution in [0.15, 0.2) is 24.3 Å². The zero-order valence-electron chi connectivity index (χ0n) is 39.9. The van der Waals surface area contributed by atoms with Gasteiger partial charge in [0, 0.05) is 6.07 Å². The molecule has 2 rings (SSSR count). The molecule has 1 unspecified atom stereocenters. The lowest BCUT2D eigenvalue weighted by Gasteiger charge is -2.16. The first-order valence-electron chi connectivity index (χ1n) is 25.1. The summed E-state index contributed by atoms with van der Waals surface area (Å²) in [6, 6.07) is 5.72. The van der Waals surface area contributed by atoms with E-state index in [1.165, 1.54) is 192 Å². The van der Waals surface area contributed by atoms with E-state index in [-0.39, 0.29) is 46.6 Å². The monoisotopic (exact) mass is 920 g/mol. The number of phenols is 1. The number of esters is 2. The minimum atomic E-state index is -2.21. The van der Waals surface area contributed by atoms with Crippen LogP contribution in [-0.2, 0) is 20.7 Å². The second-order valence-electron chi connectivity index (χ2n) is 17.5. The molecule has 360 valence electrons. The average Bonchev–Trinajstić information content (AvgIpc) is 3.27. The number of aryl methyl sites for hydroxylation is 1. The molecule has 2 N–H and O–H groups in total. The minimum absolute atomic E-state index is 0.0172. The molecule has 0 radical (unpaired) electrons. The van der Waals surface area contributed by atoms with Gasteiger partial charge in [-0.3, -0.25) is 4.72 Å². The van der Waals surface area contributed by atoms with E-state index in [9.17, 15) is 18.9 Å². The van der Waals surface area contributed by atoms with Gasteiger partial charge in [-0.2, -0.15) is 4.21 Å². The highest BCUT2D eigenvalue weighted by Crippen LogP contribution is 2.36. The van der Waals surface area contributed by atoms with Gasteiger partial charge in [-0.15, -0.1) is 0 Å². The molecule has 9 nitrogen and oxygen atoms in total. The van der Waals surface area contributed by atoms with Crippen LogP contribution >= 0.6 is 11.6 Å². The first-order valence-corrected chi connectivity index (χ1v) is 26.6. The standard InChI is InChI=1S/C52H86ClNO8S/c1-5-7-9-11-13-15-17-19-21-23-25-27-29-31-33-35-37-60-51(56)44-40-46(50(59-4)48(41-44)62-63(58)54-45-39-43(3)49(55)47(53)42-45)52(57)61-38-36-34-32-30-28-26-24-22-20-18-16-14-12-10-8-6-2/h39-42,54-55H,5-38H2,1-4H3. The molecule has 0 amide bonds. The van der Waals surface area contributed by atoms with Gasteiger partial charge in [-0.05, 0) is 43.5 Å². The third-order valence-corrected chi connectivity index (χ3v) is 12.8. The zero-order valence-corrected chi connectivity index (χ0v) is 41.5. The number of hydrogen-bond donors (Lipinski definition) is 2. The second kappa shape index (κ2) is 37.3. The van der Waals surface area contributed by atoms with Crippen molar-refractivity contribution in [3.05, 3.63) is 46.0 Å². The quantitative estimate of drug-likeness (QED) is 0.0384. The van der Waals surface area contributed by atoms with Gasteiger partial charge < -0.3 is 23.5 Å². The molecule has 0 aliphatic rings. The fourth-order valence-electron chi connectivity index (χ4n) is 7.93. The maximum Gasteiger partial charge on any atom is 0.342 e. The maximum absolute atomic E-state index is 13.5. The number of ether oxygens (including phenoxy) is 3. The molecule has 0 saturated carbocycles. The van der Waals surface area contributed by atoms with Crippen LogP contribution in [0.4, 0.5) is 5.69 Å². The molecule has 11 heteroatoms. The van der Waals surface area contributed by atoms with Crippen molar-refractivity contribution >= 4 is 40.5 Å². The van der Waals surface area contributed by atoms with Crippen molar-refractivity contribution in [2.75, 3.05) is 25.0 Å². The van der Waals surface area contributed by atoms with Crippen molar-refractivity contribution in [1.29, 1.82) is 0 Å². The number of hydrogen-bond acceptors (Lipinski definition) is 8. The summed E-state index contributed by atoms with van der Waals surface area (Å²) in [5.74, 6) is -1.50. The van der Waals surface area contributed by atoms with Gasteiger partial charge in [-0.1, -0.05) is 218 Å². The number of carbonyl (C=O) groups excluding carboxylic acids is 2. The van der Waals surface area contributed by atoms with E-state index < -0.39 is 23.2 Å². The fourth-order valence-corrected chi connectivity index (χ4v) is 8.83. The summed E-state index contributed by atoms with van der Waals surface area (Å²) < 4.78 is 38.5. The van der Waals surface area contributed by atoms with Gasteiger partial charge in [0.15, 0.2) is 11.5 Å². The third kappa shape index (κ3) is 26.5. The van der Waals surface area contributed by atoms with E-state index in [0.29, 0.717) is 11.3 Å². The number of anilines is 1. The van der Waals surface area contributed by atoms with E-state index in [2.05, 4.69) is 18.6 Å². The van der Waals surface area contributed by atoms with Gasteiger partial charge in [0.25, 0.3) is 0 Å². The predicted octanol–water partition coefficient (Wildman–Crippen LogP) is 16.3. The summed E-state index contributed by atoms with van der Waals surface area (Å²) in [5, 5.41) is 10.1. The number of phenolic OH excluding ortho intramolecular Hbond substituents is 1. The fraction of sp³-hybridized carbons (Fsp3) is 0.731. The highest BCUT2D eigenvalue weighted by Gasteiger charge is 2.25. The molecule has 1 atom stereocenters. The van der Waals surface area contributed by atoms with E-state index in [1.54, 1.807) is 13.0 Å². The summed E-state index contributed by atoms with van der Waals surface area (Å²) in [6.45, 7) is 6.65. The van der Waals surface area contributed by atoms with Crippen LogP contribution in [0.3, 0.4) is 0 Å². The lowest BCUT2D eigenvalue weighted by Crippen LogP contribution is -2.16. The lowest BCUT2D eigenvalue weighted by molar-refractivity contribution is 0.0492. The van der Waals surface area contributed by atoms with Crippen molar-refractivity contribution in [2.45, 2.75) is 226 Å². The molecule has 0 fully saturated rings. The lowest BCUT2D eigenvalue weighted by atomic mass is 10.0. The number of halogens is 1. The Labute approximate surface area is 390 Å². The summed E-state index contributed by atoms with van der Waals surface area (Å²) in [6.07, 6.45) is 40.1. The first-order chi connectivity index (χ1) is 30.7. The number of rotatable bonds is 41. The van der Waals surface area contributed by atoms with Crippen molar-refractivity contribution in [1.82, 2.24) is 0 Å². The smallest absolute Gasteiger partial charge is 0.342 e. The van der Waals surface area contributed by atoms with Crippen LogP contribution in [0.1, 0.15) is 246 Å². The highest BCUT2D eigenvalue weighted by atomic mass is 35.5. The van der Waals surface area contributed by atoms with Crippen LogP contribution < -0.4 is 13.6 Å². The highest BCUT2D eigenvalue weighted by molar-refractivity contribution is 7.82. The number of aromatic hydroxyl groups is 1. The number of nitrogens with one attached hydrogen (secondary N) is 1. The molecule has 0 aliphatic carbocycles. The molecule has 0 heterocycles. The topological polar surface area (TPSA) is 120 Å². The number of methoxy groups -OCH3 is 1. The third-order valence-electron chi connectivity index (χ3n) is 11.8. The summed E-state index contributed by atoms with van der Waals surface area (Å²) in [7, 11) is 1.36. The van der Waals surface area contributed by atoms with Crippen LogP contribution in [0.5, 0.6) is 17.2 Å². The van der Waals surface area contributed by atoms with Gasteiger partial charge in [0.1, 0.15) is 11.3 Å². The Bertz CT molecular complexity index is 1510. The predicted molar refractivity (Wildman–Crippen MR) is 263 cm³/mol. The van der Waals surface area contributed by atoms with Crippen molar-refractivity contribution < 1.29 is 37.3 Å². The second-order valence-corrected chi connectivity index (χ2v) is 18.7. The van der Waals surface area contributed by atoms with Crippen molar-refractivity contribution in [3.63, 3.8) is 0 Å². The Morgan fingerprint density at radius 2 is 0.952 bits per heavy atom. The molecule has 0 aromatic heterocycles. The Morgan fingerprint density at radius 1 is 0.571 bits per heavy atom. The number of carbonyl (C=O) groups is 2. The molecular formula is C52H86ClNO8S. The molecule has 2 aromatic rings. The molecule has 0 spiro atoms. The van der Waals surface area contributed by atoms with Crippen LogP contribution in [-0.4, -0.2) is 41.6 Å². The number of benzene rings is 2. The van der Waals surface area contributed by atoms with Gasteiger partial charge in [0.05, 0.1) is 36.6 Å². The van der Waals surface area contributed by atoms with E-state index >= 15 is 0 Å². The minimum Gasteiger partial charge on any atom is -0.506 e. The van der Waals surface area contributed by atoms with E-state index in [1.807, 2.05) is 0 Å². The van der Waals surface area contributed by atoms with Gasteiger partial charge in [-0.25, -0.2) is 9.59 Å². The molecule has 0 saturated heterocycles. The van der Waals surface area contributed by atoms with Crippen molar-refractivity contribution in [3.8, 4) is 17.2 Å². The first kappa shape index (κ1) is 56.2. The van der Waals surface area contributed by atoms with E-state index in [4.69, 9.17) is 30.0 Å². The average molecular weight is 921 g/mol. The Hall–Kier alpha value is -2.98. The summed E-state index contributed by atoms with van der Waals surface area (Å²) in [5.41, 5.74) is 0.835. The summed E-state index contributed by atoms with van der Waals surface area (Å²) >= 11 is 3.91. The molecule has 0 bridgehead atoms. The molecule has 2 aromatic carbocycles. The summed E-state index contributed by atoms with van der Waals surface area (Å²) in [4.78, 5) is 26.8. The molecular weight excluding hydrogens is 834 g/mol. The number of unbranched alkanes of at least 4 members (excludes halogenated alkanes) is 30. The normalized spacial score (nSPS) is 11.7. The van der Waals surface area contributed by atoms with Crippen LogP contribution in [0.25, 0.3) is 0 Å². The van der Waals surface area contributed by atoms with Crippen molar-refractivity contribution in [2.24, 2.45) is 0 Å². The van der Waals surface area contributed by atoms with Crippen LogP contribution in [0.2, 0.25) is 5.02 Å². The maximum atomic E-state index is 13.5. The largest absolute Gasteiger partial charge is 0.506 e. The molecule has 63 heavy (non-hydrogen) atoms. The Kier molecular flexibility index (Phi) is 33.2. The SMILES string of the molecule is CCCCCCCCCCCCCCCCCCOC(=O)c1cc(OS(=O)Nc2cc(C)c(O)c(Cl)c2)c(OC)c(C(=O)OCCCCCCCCCCCCCCCCCC)c1.